The first-order valence-corrected chi connectivity index (χ1v) is 4.26. The Labute approximate surface area is 78.8 Å². The highest BCUT2D eigenvalue weighted by Crippen LogP contribution is 1.84. The van der Waals surface area contributed by atoms with Crippen LogP contribution in [0.4, 0.5) is 0 Å². The van der Waals surface area contributed by atoms with Crippen LogP contribution in [0.3, 0.4) is 0 Å². The van der Waals surface area contributed by atoms with E-state index < -0.39 is 6.04 Å². The molecular formula is C9H16N2O2. The third-order valence-electron chi connectivity index (χ3n) is 1.42. The van der Waals surface area contributed by atoms with E-state index in [1.54, 1.807) is 0 Å². The number of ether oxygens (including phenoxy) is 1. The summed E-state index contributed by atoms with van der Waals surface area (Å²) in [5, 5.41) is 2.62. The van der Waals surface area contributed by atoms with Crippen LogP contribution in [0.1, 0.15) is 13.3 Å². The molecule has 4 nitrogen and oxygen atoms in total. The van der Waals surface area contributed by atoms with E-state index in [0.29, 0.717) is 19.8 Å². The third kappa shape index (κ3) is 6.14. The lowest BCUT2D eigenvalue weighted by molar-refractivity contribution is -0.122. The summed E-state index contributed by atoms with van der Waals surface area (Å²) in [5.74, 6) is 2.11. The van der Waals surface area contributed by atoms with Gasteiger partial charge in [-0.15, -0.1) is 12.3 Å². The van der Waals surface area contributed by atoms with Crippen molar-refractivity contribution < 1.29 is 9.53 Å². The molecule has 0 bridgehead atoms. The standard InChI is InChI=1S/C9H16N2O2/c1-3-5-8(10)9(12)11-6-7-13-4-2/h1,8H,4-7,10H2,2H3,(H,11,12). The molecule has 0 radical (unpaired) electrons. The molecule has 1 unspecified atom stereocenters. The lowest BCUT2D eigenvalue weighted by Gasteiger charge is -2.09. The first-order chi connectivity index (χ1) is 6.22. The van der Waals surface area contributed by atoms with Crippen LogP contribution in [0, 0.1) is 12.3 Å². The van der Waals surface area contributed by atoms with Gasteiger partial charge < -0.3 is 15.8 Å². The molecule has 0 heterocycles. The van der Waals surface area contributed by atoms with Gasteiger partial charge in [-0.3, -0.25) is 4.79 Å². The Bertz CT molecular complexity index is 187. The van der Waals surface area contributed by atoms with Crippen LogP contribution < -0.4 is 11.1 Å². The summed E-state index contributed by atoms with van der Waals surface area (Å²) in [6.07, 6.45) is 5.27. The molecule has 1 atom stereocenters. The molecule has 0 saturated heterocycles. The molecule has 0 spiro atoms. The summed E-state index contributed by atoms with van der Waals surface area (Å²) in [5.41, 5.74) is 5.45. The minimum Gasteiger partial charge on any atom is -0.380 e. The van der Waals surface area contributed by atoms with Gasteiger partial charge in [0.25, 0.3) is 0 Å². The number of carbonyl (C=O) groups excluding carboxylic acids is 1. The van der Waals surface area contributed by atoms with E-state index in [-0.39, 0.29) is 12.3 Å². The molecule has 0 aliphatic carbocycles. The molecule has 0 fully saturated rings. The zero-order valence-corrected chi connectivity index (χ0v) is 7.88. The molecule has 13 heavy (non-hydrogen) atoms. The first kappa shape index (κ1) is 11.9. The zero-order valence-electron chi connectivity index (χ0n) is 7.88. The summed E-state index contributed by atoms with van der Waals surface area (Å²) < 4.78 is 5.03. The van der Waals surface area contributed by atoms with E-state index in [1.165, 1.54) is 0 Å². The van der Waals surface area contributed by atoms with Gasteiger partial charge in [0.15, 0.2) is 0 Å². The van der Waals surface area contributed by atoms with Gasteiger partial charge in [-0.05, 0) is 6.92 Å². The van der Waals surface area contributed by atoms with Crippen LogP contribution in [-0.2, 0) is 9.53 Å². The number of hydrogen-bond donors (Lipinski definition) is 2. The molecule has 4 heteroatoms. The molecule has 0 aromatic carbocycles. The van der Waals surface area contributed by atoms with Crippen molar-refractivity contribution in [2.24, 2.45) is 5.73 Å². The van der Waals surface area contributed by atoms with Crippen LogP contribution in [0.2, 0.25) is 0 Å². The van der Waals surface area contributed by atoms with Crippen LogP contribution >= 0.6 is 0 Å². The fourth-order valence-electron chi connectivity index (χ4n) is 0.741. The number of nitrogens with one attached hydrogen (secondary N) is 1. The largest absolute Gasteiger partial charge is 0.380 e. The first-order valence-electron chi connectivity index (χ1n) is 4.26. The quantitative estimate of drug-likeness (QED) is 0.431. The van der Waals surface area contributed by atoms with Crippen molar-refractivity contribution in [2.45, 2.75) is 19.4 Å². The molecule has 0 rings (SSSR count). The highest BCUT2D eigenvalue weighted by atomic mass is 16.5. The molecule has 0 saturated carbocycles. The molecule has 3 N–H and O–H groups in total. The predicted octanol–water partition coefficient (Wildman–Crippen LogP) is -0.510. The van der Waals surface area contributed by atoms with Gasteiger partial charge in [-0.2, -0.15) is 0 Å². The van der Waals surface area contributed by atoms with Crippen molar-refractivity contribution in [2.75, 3.05) is 19.8 Å². The van der Waals surface area contributed by atoms with E-state index in [0.717, 1.165) is 0 Å². The van der Waals surface area contributed by atoms with Gasteiger partial charge in [0.1, 0.15) is 0 Å². The van der Waals surface area contributed by atoms with Gasteiger partial charge >= 0.3 is 0 Å². The van der Waals surface area contributed by atoms with Gasteiger partial charge in [-0.1, -0.05) is 0 Å². The van der Waals surface area contributed by atoms with Crippen molar-refractivity contribution in [3.63, 3.8) is 0 Å². The topological polar surface area (TPSA) is 64.4 Å². The lowest BCUT2D eigenvalue weighted by Crippen LogP contribution is -2.41. The smallest absolute Gasteiger partial charge is 0.237 e. The fraction of sp³-hybridized carbons (Fsp3) is 0.667. The number of nitrogens with two attached hydrogens (primary N) is 1. The summed E-state index contributed by atoms with van der Waals surface area (Å²) in [4.78, 5) is 11.1. The molecule has 1 amide bonds. The maximum atomic E-state index is 11.1. The van der Waals surface area contributed by atoms with E-state index in [9.17, 15) is 4.79 Å². The number of rotatable bonds is 6. The van der Waals surface area contributed by atoms with Crippen molar-refractivity contribution in [3.05, 3.63) is 0 Å². The molecular weight excluding hydrogens is 168 g/mol. The number of hydrogen-bond acceptors (Lipinski definition) is 3. The third-order valence-corrected chi connectivity index (χ3v) is 1.42. The minimum absolute atomic E-state index is 0.224. The van der Waals surface area contributed by atoms with Crippen molar-refractivity contribution in [3.8, 4) is 12.3 Å². The van der Waals surface area contributed by atoms with Crippen molar-refractivity contribution >= 4 is 5.91 Å². The maximum absolute atomic E-state index is 11.1. The zero-order chi connectivity index (χ0) is 10.1. The number of amides is 1. The molecule has 74 valence electrons. The normalized spacial score (nSPS) is 11.8. The van der Waals surface area contributed by atoms with Gasteiger partial charge in [0, 0.05) is 19.6 Å². The van der Waals surface area contributed by atoms with E-state index >= 15 is 0 Å². The second-order valence-corrected chi connectivity index (χ2v) is 2.50. The number of carbonyl (C=O) groups is 1. The minimum atomic E-state index is -0.605. The predicted molar refractivity (Wildman–Crippen MR) is 50.9 cm³/mol. The average Bonchev–Trinajstić information content (AvgIpc) is 2.12. The monoisotopic (exact) mass is 184 g/mol. The Morgan fingerprint density at radius 2 is 2.46 bits per heavy atom. The molecule has 0 aromatic rings. The van der Waals surface area contributed by atoms with E-state index in [1.807, 2.05) is 6.92 Å². The second-order valence-electron chi connectivity index (χ2n) is 2.50. The molecule has 0 aliphatic rings. The van der Waals surface area contributed by atoms with E-state index in [4.69, 9.17) is 16.9 Å². The van der Waals surface area contributed by atoms with Crippen LogP contribution in [-0.4, -0.2) is 31.7 Å². The van der Waals surface area contributed by atoms with Crippen LogP contribution in [0.15, 0.2) is 0 Å². The Kier molecular flexibility index (Phi) is 6.98. The van der Waals surface area contributed by atoms with Gasteiger partial charge in [0.05, 0.1) is 12.6 Å². The average molecular weight is 184 g/mol. The number of terminal acetylenes is 1. The summed E-state index contributed by atoms with van der Waals surface area (Å²) in [6, 6.07) is -0.605. The SMILES string of the molecule is C#CCC(N)C(=O)NCCOCC. The van der Waals surface area contributed by atoms with E-state index in [2.05, 4.69) is 11.2 Å². The Balaban J connectivity index is 3.45. The summed E-state index contributed by atoms with van der Waals surface area (Å²) in [6.45, 7) is 3.52. The van der Waals surface area contributed by atoms with Crippen LogP contribution in [0.25, 0.3) is 0 Å². The Morgan fingerprint density at radius 1 is 1.77 bits per heavy atom. The van der Waals surface area contributed by atoms with Crippen molar-refractivity contribution in [1.29, 1.82) is 0 Å². The molecule has 0 aromatic heterocycles. The van der Waals surface area contributed by atoms with Crippen LogP contribution in [0.5, 0.6) is 0 Å². The highest BCUT2D eigenvalue weighted by molar-refractivity contribution is 5.81. The van der Waals surface area contributed by atoms with Crippen molar-refractivity contribution in [1.82, 2.24) is 5.32 Å². The Morgan fingerprint density at radius 3 is 3.00 bits per heavy atom. The summed E-state index contributed by atoms with van der Waals surface area (Å²) in [7, 11) is 0. The maximum Gasteiger partial charge on any atom is 0.237 e. The summed E-state index contributed by atoms with van der Waals surface area (Å²) >= 11 is 0. The van der Waals surface area contributed by atoms with Gasteiger partial charge in [-0.25, -0.2) is 0 Å². The lowest BCUT2D eigenvalue weighted by atomic mass is 10.2. The second kappa shape index (κ2) is 7.59. The Hall–Kier alpha value is -1.05. The molecule has 0 aliphatic heterocycles. The fourth-order valence-corrected chi connectivity index (χ4v) is 0.741. The van der Waals surface area contributed by atoms with Gasteiger partial charge in [0.2, 0.25) is 5.91 Å². The highest BCUT2D eigenvalue weighted by Gasteiger charge is 2.10.